The number of rotatable bonds is 2. The Morgan fingerprint density at radius 1 is 1.50 bits per heavy atom. The second-order valence-corrected chi connectivity index (χ2v) is 5.46. The van der Waals surface area contributed by atoms with Gasteiger partial charge in [0.15, 0.2) is 5.82 Å². The first kappa shape index (κ1) is 14.8. The van der Waals surface area contributed by atoms with Gasteiger partial charge < -0.3 is 10.2 Å². The Morgan fingerprint density at radius 3 is 2.75 bits per heavy atom. The first-order chi connectivity index (χ1) is 9.47. The number of hydrogen-bond donors (Lipinski definition) is 1. The monoisotopic (exact) mass is 295 g/mol. The summed E-state index contributed by atoms with van der Waals surface area (Å²) in [5, 5.41) is 11.9. The molecule has 0 saturated carbocycles. The number of nitrogens with zero attached hydrogens (tertiary/aromatic N) is 2. The summed E-state index contributed by atoms with van der Waals surface area (Å²) >= 11 is 5.66. The lowest BCUT2D eigenvalue weighted by atomic mass is 9.89. The highest BCUT2D eigenvalue weighted by Gasteiger charge is 2.36. The second kappa shape index (κ2) is 5.78. The minimum absolute atomic E-state index is 0.105. The molecule has 0 unspecified atom stereocenters. The Labute approximate surface area is 122 Å². The van der Waals surface area contributed by atoms with Gasteiger partial charge in [0.05, 0.1) is 16.7 Å². The molecule has 1 amide bonds. The molecule has 1 heterocycles. The van der Waals surface area contributed by atoms with Crippen molar-refractivity contribution in [3.8, 4) is 6.07 Å². The van der Waals surface area contributed by atoms with Gasteiger partial charge in [-0.1, -0.05) is 17.7 Å². The largest absolute Gasteiger partial charge is 0.334 e. The summed E-state index contributed by atoms with van der Waals surface area (Å²) in [5.41, 5.74) is -1.07. The first-order valence-electron chi connectivity index (χ1n) is 6.34. The van der Waals surface area contributed by atoms with Gasteiger partial charge in [-0.05, 0) is 32.0 Å². The molecule has 1 fully saturated rings. The van der Waals surface area contributed by atoms with E-state index >= 15 is 0 Å². The van der Waals surface area contributed by atoms with Crippen molar-refractivity contribution in [3.63, 3.8) is 0 Å². The van der Waals surface area contributed by atoms with Crippen molar-refractivity contribution < 1.29 is 9.18 Å². The average Bonchev–Trinajstić information content (AvgIpc) is 2.44. The zero-order chi connectivity index (χ0) is 14.8. The summed E-state index contributed by atoms with van der Waals surface area (Å²) in [7, 11) is 1.96. The van der Waals surface area contributed by atoms with E-state index in [0.29, 0.717) is 25.9 Å². The second-order valence-electron chi connectivity index (χ2n) is 5.05. The number of nitrogens with one attached hydrogen (secondary N) is 1. The molecule has 1 aliphatic heterocycles. The summed E-state index contributed by atoms with van der Waals surface area (Å²) < 4.78 is 13.8. The molecule has 0 bridgehead atoms. The molecule has 1 aromatic carbocycles. The summed E-state index contributed by atoms with van der Waals surface area (Å²) in [6, 6.07) is 6.40. The maximum Gasteiger partial charge on any atom is 0.255 e. The van der Waals surface area contributed by atoms with Crippen molar-refractivity contribution in [3.05, 3.63) is 34.6 Å². The third-order valence-corrected chi connectivity index (χ3v) is 3.90. The molecule has 4 nitrogen and oxygen atoms in total. The Hall–Kier alpha value is -1.64. The van der Waals surface area contributed by atoms with E-state index in [-0.39, 0.29) is 10.6 Å². The number of nitriles is 1. The van der Waals surface area contributed by atoms with Crippen molar-refractivity contribution in [2.75, 3.05) is 20.1 Å². The van der Waals surface area contributed by atoms with Crippen LogP contribution in [0.25, 0.3) is 0 Å². The van der Waals surface area contributed by atoms with Crippen LogP contribution in [0.4, 0.5) is 4.39 Å². The molecule has 2 rings (SSSR count). The van der Waals surface area contributed by atoms with Crippen molar-refractivity contribution in [2.45, 2.75) is 18.4 Å². The van der Waals surface area contributed by atoms with Crippen LogP contribution in [0.3, 0.4) is 0 Å². The van der Waals surface area contributed by atoms with Crippen LogP contribution in [0.2, 0.25) is 5.02 Å². The minimum atomic E-state index is -0.932. The molecule has 0 atom stereocenters. The summed E-state index contributed by atoms with van der Waals surface area (Å²) in [6.45, 7) is 1.43. The van der Waals surface area contributed by atoms with Crippen LogP contribution < -0.4 is 5.32 Å². The highest BCUT2D eigenvalue weighted by Crippen LogP contribution is 2.23. The smallest absolute Gasteiger partial charge is 0.255 e. The van der Waals surface area contributed by atoms with E-state index in [1.165, 1.54) is 18.2 Å². The third kappa shape index (κ3) is 2.92. The Balaban J connectivity index is 2.18. The molecule has 0 aromatic heterocycles. The Kier molecular flexibility index (Phi) is 4.26. The van der Waals surface area contributed by atoms with Gasteiger partial charge in [-0.25, -0.2) is 4.39 Å². The fourth-order valence-corrected chi connectivity index (χ4v) is 2.40. The molecule has 1 aromatic rings. The van der Waals surface area contributed by atoms with E-state index in [9.17, 15) is 14.4 Å². The van der Waals surface area contributed by atoms with E-state index in [4.69, 9.17) is 11.6 Å². The number of likely N-dealkylation sites (tertiary alicyclic amines) is 1. The fraction of sp³-hybridized carbons (Fsp3) is 0.429. The molecule has 1 saturated heterocycles. The number of hydrogen-bond acceptors (Lipinski definition) is 3. The van der Waals surface area contributed by atoms with Gasteiger partial charge in [0.2, 0.25) is 0 Å². The molecular weight excluding hydrogens is 281 g/mol. The van der Waals surface area contributed by atoms with Gasteiger partial charge >= 0.3 is 0 Å². The molecule has 1 N–H and O–H groups in total. The predicted molar refractivity (Wildman–Crippen MR) is 74.0 cm³/mol. The number of amides is 1. The number of halogens is 2. The highest BCUT2D eigenvalue weighted by atomic mass is 35.5. The lowest BCUT2D eigenvalue weighted by molar-refractivity contribution is 0.0878. The van der Waals surface area contributed by atoms with Gasteiger partial charge in [-0.15, -0.1) is 0 Å². The van der Waals surface area contributed by atoms with Crippen molar-refractivity contribution in [1.29, 1.82) is 5.26 Å². The van der Waals surface area contributed by atoms with Crippen molar-refractivity contribution >= 4 is 17.5 Å². The van der Waals surface area contributed by atoms with E-state index in [2.05, 4.69) is 16.3 Å². The Bertz CT molecular complexity index is 562. The number of piperidine rings is 1. The maximum absolute atomic E-state index is 13.8. The van der Waals surface area contributed by atoms with Crippen LogP contribution in [-0.2, 0) is 0 Å². The average molecular weight is 296 g/mol. The minimum Gasteiger partial charge on any atom is -0.334 e. The highest BCUT2D eigenvalue weighted by molar-refractivity contribution is 6.31. The predicted octanol–water partition coefficient (Wildman–Crippen LogP) is 2.20. The van der Waals surface area contributed by atoms with Crippen molar-refractivity contribution in [1.82, 2.24) is 10.2 Å². The lowest BCUT2D eigenvalue weighted by Gasteiger charge is -2.36. The van der Waals surface area contributed by atoms with Gasteiger partial charge in [0.25, 0.3) is 5.91 Å². The van der Waals surface area contributed by atoms with Crippen LogP contribution in [0.15, 0.2) is 18.2 Å². The fourth-order valence-electron chi connectivity index (χ4n) is 2.23. The number of carbonyl (C=O) groups is 1. The third-order valence-electron chi connectivity index (χ3n) is 3.60. The molecule has 0 radical (unpaired) electrons. The summed E-state index contributed by atoms with van der Waals surface area (Å²) in [6.07, 6.45) is 1.04. The van der Waals surface area contributed by atoms with Crippen LogP contribution in [0.5, 0.6) is 0 Å². The molecule has 0 spiro atoms. The molecule has 6 heteroatoms. The van der Waals surface area contributed by atoms with E-state index in [1.807, 2.05) is 7.05 Å². The quantitative estimate of drug-likeness (QED) is 0.910. The summed E-state index contributed by atoms with van der Waals surface area (Å²) in [4.78, 5) is 14.2. The van der Waals surface area contributed by atoms with E-state index in [0.717, 1.165) is 0 Å². The van der Waals surface area contributed by atoms with Gasteiger partial charge in [0.1, 0.15) is 5.54 Å². The van der Waals surface area contributed by atoms with Gasteiger partial charge in [0, 0.05) is 13.1 Å². The zero-order valence-corrected chi connectivity index (χ0v) is 11.9. The Morgan fingerprint density at radius 2 is 2.15 bits per heavy atom. The molecule has 106 valence electrons. The van der Waals surface area contributed by atoms with Gasteiger partial charge in [-0.2, -0.15) is 5.26 Å². The van der Waals surface area contributed by atoms with Crippen molar-refractivity contribution in [2.24, 2.45) is 0 Å². The zero-order valence-electron chi connectivity index (χ0n) is 11.1. The van der Waals surface area contributed by atoms with Crippen LogP contribution >= 0.6 is 11.6 Å². The van der Waals surface area contributed by atoms with Crippen LogP contribution in [-0.4, -0.2) is 36.5 Å². The number of carbonyl (C=O) groups excluding carboxylic acids is 1. The summed E-state index contributed by atoms with van der Waals surface area (Å²) in [5.74, 6) is -1.36. The molecule has 0 aliphatic carbocycles. The molecule has 1 aliphatic rings. The SMILES string of the molecule is CN1CCC(C#N)(NC(=O)c2cccc(Cl)c2F)CC1. The normalized spacial score (nSPS) is 18.3. The van der Waals surface area contributed by atoms with Crippen LogP contribution in [0, 0.1) is 17.1 Å². The standard InChI is InChI=1S/C14H15ClFN3O/c1-19-7-5-14(9-17,6-8-19)18-13(20)10-3-2-4-11(15)12(10)16/h2-4H,5-8H2,1H3,(H,18,20). The topological polar surface area (TPSA) is 56.1 Å². The number of benzene rings is 1. The van der Waals surface area contributed by atoms with Gasteiger partial charge in [-0.3, -0.25) is 4.79 Å². The van der Waals surface area contributed by atoms with Crippen LogP contribution in [0.1, 0.15) is 23.2 Å². The maximum atomic E-state index is 13.8. The van der Waals surface area contributed by atoms with E-state index in [1.54, 1.807) is 0 Å². The molecule has 20 heavy (non-hydrogen) atoms. The molecular formula is C14H15ClFN3O. The first-order valence-corrected chi connectivity index (χ1v) is 6.71. The lowest BCUT2D eigenvalue weighted by Crippen LogP contribution is -2.53. The van der Waals surface area contributed by atoms with E-state index < -0.39 is 17.3 Å².